The fraction of sp³-hybridized carbons (Fsp3) is 0.290. The molecule has 0 saturated carbocycles. The van der Waals surface area contributed by atoms with Crippen molar-refractivity contribution in [1.82, 2.24) is 20.2 Å². The van der Waals surface area contributed by atoms with Crippen LogP contribution in [-0.2, 0) is 16.8 Å². The number of rotatable bonds is 6. The molecule has 1 aliphatic rings. The molecule has 1 amide bonds. The number of carbonyl (C=O) groups excluding carboxylic acids is 1. The van der Waals surface area contributed by atoms with Crippen molar-refractivity contribution in [2.75, 3.05) is 10.6 Å². The Morgan fingerprint density at radius 3 is 2.50 bits per heavy atom. The Hall–Kier alpha value is -3.98. The molecule has 5 rings (SSSR count). The molecule has 40 heavy (non-hydrogen) atoms. The lowest BCUT2D eigenvalue weighted by molar-refractivity contribution is -0.113. The van der Waals surface area contributed by atoms with Crippen molar-refractivity contribution >= 4 is 33.5 Å². The highest BCUT2D eigenvalue weighted by atomic mass is 79.9. The zero-order chi connectivity index (χ0) is 28.6. The van der Waals surface area contributed by atoms with Gasteiger partial charge < -0.3 is 15.4 Å². The average molecular weight is 602 g/mol. The molecule has 2 heterocycles. The van der Waals surface area contributed by atoms with Crippen molar-refractivity contribution < 1.29 is 9.53 Å². The minimum absolute atomic E-state index is 0.0785. The van der Waals surface area contributed by atoms with Gasteiger partial charge in [0.25, 0.3) is 5.91 Å². The first-order valence-electron chi connectivity index (χ1n) is 13.2. The van der Waals surface area contributed by atoms with Gasteiger partial charge in [0.1, 0.15) is 18.4 Å². The molecule has 0 bridgehead atoms. The smallest absolute Gasteiger partial charge is 0.255 e. The zero-order valence-corrected chi connectivity index (χ0v) is 25.1. The molecule has 1 aromatic heterocycles. The molecule has 2 N–H and O–H groups in total. The Balaban J connectivity index is 1.50. The van der Waals surface area contributed by atoms with Gasteiger partial charge in [0.15, 0.2) is 0 Å². The molecule has 0 spiro atoms. The molecule has 0 radical (unpaired) electrons. The summed E-state index contributed by atoms with van der Waals surface area (Å²) < 4.78 is 8.86. The van der Waals surface area contributed by atoms with Gasteiger partial charge in [0.2, 0.25) is 5.95 Å². The largest absolute Gasteiger partial charge is 0.489 e. The lowest BCUT2D eigenvalue weighted by Crippen LogP contribution is -2.32. The summed E-state index contributed by atoms with van der Waals surface area (Å²) in [6.07, 6.45) is 0. The Kier molecular flexibility index (Phi) is 7.51. The van der Waals surface area contributed by atoms with Crippen LogP contribution in [0.15, 0.2) is 76.4 Å². The van der Waals surface area contributed by atoms with Crippen molar-refractivity contribution in [3.8, 4) is 5.75 Å². The SMILES string of the molecule is CC1=C(C(=O)Nc2ccc(C)cc2C)C(c2cc(Br)ccc2OCc2ccc(C(C)(C)C)cc2)n2nnnc2N1. The Bertz CT molecular complexity index is 1600. The van der Waals surface area contributed by atoms with Crippen LogP contribution in [0.1, 0.15) is 61.6 Å². The summed E-state index contributed by atoms with van der Waals surface area (Å²) in [5.74, 6) is 0.849. The van der Waals surface area contributed by atoms with Crippen molar-refractivity contribution in [3.63, 3.8) is 0 Å². The van der Waals surface area contributed by atoms with E-state index >= 15 is 0 Å². The van der Waals surface area contributed by atoms with Crippen LogP contribution in [0, 0.1) is 13.8 Å². The minimum atomic E-state index is -0.618. The van der Waals surface area contributed by atoms with Crippen LogP contribution >= 0.6 is 15.9 Å². The van der Waals surface area contributed by atoms with E-state index in [0.717, 1.165) is 32.4 Å². The molecule has 8 nitrogen and oxygen atoms in total. The number of fused-ring (bicyclic) bond motifs is 1. The van der Waals surface area contributed by atoms with E-state index in [1.54, 1.807) is 4.68 Å². The Morgan fingerprint density at radius 1 is 1.05 bits per heavy atom. The van der Waals surface area contributed by atoms with Gasteiger partial charge >= 0.3 is 0 Å². The van der Waals surface area contributed by atoms with Crippen molar-refractivity contribution in [1.29, 1.82) is 0 Å². The lowest BCUT2D eigenvalue weighted by Gasteiger charge is -2.29. The van der Waals surface area contributed by atoms with Crippen molar-refractivity contribution in [3.05, 3.63) is 104 Å². The van der Waals surface area contributed by atoms with Gasteiger partial charge in [0.05, 0.1) is 5.57 Å². The van der Waals surface area contributed by atoms with Crippen LogP contribution in [0.4, 0.5) is 11.6 Å². The second-order valence-corrected chi connectivity index (χ2v) is 12.1. The fourth-order valence-electron chi connectivity index (χ4n) is 4.86. The summed E-state index contributed by atoms with van der Waals surface area (Å²) in [6, 6.07) is 19.6. The zero-order valence-electron chi connectivity index (χ0n) is 23.5. The molecule has 9 heteroatoms. The number of amides is 1. The second-order valence-electron chi connectivity index (χ2n) is 11.2. The quantitative estimate of drug-likeness (QED) is 0.251. The number of benzene rings is 3. The van der Waals surface area contributed by atoms with Crippen LogP contribution in [0.2, 0.25) is 0 Å². The van der Waals surface area contributed by atoms with Gasteiger partial charge in [-0.15, -0.1) is 0 Å². The third-order valence-corrected chi connectivity index (χ3v) is 7.56. The van der Waals surface area contributed by atoms with Crippen LogP contribution in [0.3, 0.4) is 0 Å². The number of hydrogen-bond acceptors (Lipinski definition) is 6. The van der Waals surface area contributed by atoms with Crippen LogP contribution in [-0.4, -0.2) is 26.1 Å². The van der Waals surface area contributed by atoms with Crippen molar-refractivity contribution in [2.24, 2.45) is 0 Å². The number of ether oxygens (including phenoxy) is 1. The summed E-state index contributed by atoms with van der Waals surface area (Å²) in [7, 11) is 0. The van der Waals surface area contributed by atoms with Crippen LogP contribution < -0.4 is 15.4 Å². The Labute approximate surface area is 243 Å². The molecular formula is C31H33BrN6O2. The molecule has 1 unspecified atom stereocenters. The van der Waals surface area contributed by atoms with Crippen molar-refractivity contribution in [2.45, 2.75) is 59.6 Å². The van der Waals surface area contributed by atoms with Gasteiger partial charge in [-0.25, -0.2) is 0 Å². The summed E-state index contributed by atoms with van der Waals surface area (Å²) >= 11 is 3.61. The summed E-state index contributed by atoms with van der Waals surface area (Å²) in [6.45, 7) is 12.8. The normalized spacial score (nSPS) is 14.9. The number of halogens is 1. The molecule has 4 aromatic rings. The number of nitrogens with one attached hydrogen (secondary N) is 2. The van der Waals surface area contributed by atoms with E-state index in [1.165, 1.54) is 5.56 Å². The van der Waals surface area contributed by atoms with Crippen LogP contribution in [0.5, 0.6) is 5.75 Å². The fourth-order valence-corrected chi connectivity index (χ4v) is 5.24. The first-order chi connectivity index (χ1) is 19.0. The predicted molar refractivity (Wildman–Crippen MR) is 160 cm³/mol. The molecule has 0 fully saturated rings. The van der Waals surface area contributed by atoms with E-state index in [0.29, 0.717) is 29.6 Å². The number of allylic oxidation sites excluding steroid dienone is 1. The van der Waals surface area contributed by atoms with E-state index in [1.807, 2.05) is 57.2 Å². The molecule has 1 atom stereocenters. The highest BCUT2D eigenvalue weighted by molar-refractivity contribution is 9.10. The molecular weight excluding hydrogens is 568 g/mol. The molecule has 206 valence electrons. The summed E-state index contributed by atoms with van der Waals surface area (Å²) in [4.78, 5) is 13.9. The van der Waals surface area contributed by atoms with Gasteiger partial charge in [0, 0.05) is 21.4 Å². The number of aromatic nitrogens is 4. The Morgan fingerprint density at radius 2 is 1.80 bits per heavy atom. The van der Waals surface area contributed by atoms with E-state index in [4.69, 9.17) is 4.74 Å². The number of tetrazole rings is 1. The first kappa shape index (κ1) is 27.6. The van der Waals surface area contributed by atoms with E-state index < -0.39 is 6.04 Å². The molecule has 3 aromatic carbocycles. The molecule has 0 saturated heterocycles. The first-order valence-corrected chi connectivity index (χ1v) is 14.0. The third kappa shape index (κ3) is 5.65. The maximum atomic E-state index is 13.9. The molecule has 1 aliphatic heterocycles. The summed E-state index contributed by atoms with van der Waals surface area (Å²) in [5.41, 5.74) is 7.19. The lowest BCUT2D eigenvalue weighted by atomic mass is 9.87. The number of anilines is 2. The molecule has 0 aliphatic carbocycles. The van der Waals surface area contributed by atoms with Gasteiger partial charge in [-0.3, -0.25) is 4.79 Å². The maximum absolute atomic E-state index is 13.9. The van der Waals surface area contributed by atoms with E-state index in [2.05, 4.69) is 87.1 Å². The average Bonchev–Trinajstić information content (AvgIpc) is 3.36. The van der Waals surface area contributed by atoms with Gasteiger partial charge in [-0.1, -0.05) is 83.8 Å². The maximum Gasteiger partial charge on any atom is 0.255 e. The predicted octanol–water partition coefficient (Wildman–Crippen LogP) is 6.86. The number of carbonyl (C=O) groups is 1. The second kappa shape index (κ2) is 10.9. The third-order valence-electron chi connectivity index (χ3n) is 7.07. The standard InChI is InChI=1S/C31H33BrN6O2/c1-18-7-13-25(19(2)15-18)34-29(39)27-20(3)33-30-35-36-37-38(30)28(27)24-16-23(32)12-14-26(24)40-17-21-8-10-22(11-9-21)31(4,5)6/h7-16,28H,17H2,1-6H3,(H,34,39)(H,33,35,37). The highest BCUT2D eigenvalue weighted by Crippen LogP contribution is 2.40. The number of nitrogens with zero attached hydrogens (tertiary/aromatic N) is 4. The van der Waals surface area contributed by atoms with Crippen LogP contribution in [0.25, 0.3) is 0 Å². The minimum Gasteiger partial charge on any atom is -0.489 e. The van der Waals surface area contributed by atoms with E-state index in [-0.39, 0.29) is 11.3 Å². The number of aryl methyl sites for hydroxylation is 2. The van der Waals surface area contributed by atoms with Gasteiger partial charge in [-0.2, -0.15) is 4.68 Å². The van der Waals surface area contributed by atoms with E-state index in [9.17, 15) is 4.79 Å². The number of hydrogen-bond donors (Lipinski definition) is 2. The van der Waals surface area contributed by atoms with Gasteiger partial charge in [-0.05, 0) is 77.6 Å². The monoisotopic (exact) mass is 600 g/mol. The topological polar surface area (TPSA) is 94.0 Å². The highest BCUT2D eigenvalue weighted by Gasteiger charge is 2.36. The summed E-state index contributed by atoms with van der Waals surface area (Å²) in [5, 5.41) is 18.5.